The molecule has 0 radical (unpaired) electrons. The van der Waals surface area contributed by atoms with Crippen LogP contribution in [0.5, 0.6) is 23.0 Å². The molecule has 0 aliphatic carbocycles. The summed E-state index contributed by atoms with van der Waals surface area (Å²) in [5.41, 5.74) is 10.5. The van der Waals surface area contributed by atoms with Crippen molar-refractivity contribution in [3.05, 3.63) is 120 Å². The number of hydrogen-bond acceptors (Lipinski definition) is 4. The fourth-order valence-electron chi connectivity index (χ4n) is 4.37. The van der Waals surface area contributed by atoms with Gasteiger partial charge in [-0.2, -0.15) is 26.3 Å². The highest BCUT2D eigenvalue weighted by molar-refractivity contribution is 5.82. The van der Waals surface area contributed by atoms with E-state index in [4.69, 9.17) is 20.9 Å². The lowest BCUT2D eigenvalue weighted by atomic mass is 9.97. The third-order valence-corrected chi connectivity index (χ3v) is 6.31. The third kappa shape index (κ3) is 6.12. The summed E-state index contributed by atoms with van der Waals surface area (Å²) in [6.45, 7) is 0. The molecule has 0 atom stereocenters. The van der Waals surface area contributed by atoms with Crippen LogP contribution >= 0.6 is 0 Å². The topological polar surface area (TPSA) is 70.5 Å². The first-order chi connectivity index (χ1) is 19.9. The van der Waals surface area contributed by atoms with Crippen LogP contribution < -0.4 is 20.9 Å². The van der Waals surface area contributed by atoms with Crippen LogP contribution in [-0.4, -0.2) is 0 Å². The number of ether oxygens (including phenoxy) is 2. The van der Waals surface area contributed by atoms with Crippen LogP contribution in [0.3, 0.4) is 0 Å². The molecule has 214 valence electrons. The Morgan fingerprint density at radius 3 is 1.12 bits per heavy atom. The minimum absolute atomic E-state index is 0.0102. The van der Waals surface area contributed by atoms with Crippen molar-refractivity contribution in [2.24, 2.45) is 0 Å². The van der Waals surface area contributed by atoms with Crippen molar-refractivity contribution in [2.45, 2.75) is 12.4 Å². The Morgan fingerprint density at radius 1 is 0.429 bits per heavy atom. The largest absolute Gasteiger partial charge is 0.456 e. The average molecular weight is 581 g/mol. The second kappa shape index (κ2) is 11.0. The van der Waals surface area contributed by atoms with E-state index in [-0.39, 0.29) is 34.0 Å². The Hall–Kier alpha value is -5.12. The second-order valence-electron chi connectivity index (χ2n) is 9.29. The number of halogens is 6. The summed E-state index contributed by atoms with van der Waals surface area (Å²) in [5.74, 6) is -0.981. The third-order valence-electron chi connectivity index (χ3n) is 6.31. The number of anilines is 2. The van der Waals surface area contributed by atoms with Crippen molar-refractivity contribution >= 4 is 11.4 Å². The minimum Gasteiger partial charge on any atom is -0.456 e. The zero-order valence-electron chi connectivity index (χ0n) is 21.6. The Bertz CT molecular complexity index is 1590. The molecule has 10 heteroatoms. The van der Waals surface area contributed by atoms with Gasteiger partial charge in [0.1, 0.15) is 34.1 Å². The van der Waals surface area contributed by atoms with Crippen molar-refractivity contribution in [1.29, 1.82) is 0 Å². The first-order valence-electron chi connectivity index (χ1n) is 12.5. The van der Waals surface area contributed by atoms with Crippen LogP contribution in [0.25, 0.3) is 22.3 Å². The molecule has 4 nitrogen and oxygen atoms in total. The highest BCUT2D eigenvalue weighted by atomic mass is 19.4. The zero-order chi connectivity index (χ0) is 30.1. The molecule has 0 saturated heterocycles. The van der Waals surface area contributed by atoms with E-state index in [0.29, 0.717) is 11.1 Å². The average Bonchev–Trinajstić information content (AvgIpc) is 2.95. The van der Waals surface area contributed by atoms with Crippen LogP contribution in [0.2, 0.25) is 0 Å². The molecule has 0 bridgehead atoms. The Labute approximate surface area is 236 Å². The van der Waals surface area contributed by atoms with E-state index in [0.717, 1.165) is 24.3 Å². The maximum Gasteiger partial charge on any atom is 0.420 e. The number of benzene rings is 5. The van der Waals surface area contributed by atoms with Gasteiger partial charge in [0.2, 0.25) is 0 Å². The molecule has 0 spiro atoms. The molecule has 0 amide bonds. The quantitative estimate of drug-likeness (QED) is 0.155. The summed E-state index contributed by atoms with van der Waals surface area (Å²) in [6.07, 6.45) is -9.54. The fourth-order valence-corrected chi connectivity index (χ4v) is 4.37. The molecule has 0 aliphatic heterocycles. The molecule has 0 unspecified atom stereocenters. The molecule has 0 saturated carbocycles. The summed E-state index contributed by atoms with van der Waals surface area (Å²) in [7, 11) is 0. The van der Waals surface area contributed by atoms with Gasteiger partial charge in [-0.25, -0.2) is 0 Å². The number of hydrogen-bond donors (Lipinski definition) is 2. The van der Waals surface area contributed by atoms with E-state index in [1.54, 1.807) is 60.7 Å². The van der Waals surface area contributed by atoms with Crippen LogP contribution in [0, 0.1) is 0 Å². The maximum atomic E-state index is 13.9. The summed E-state index contributed by atoms with van der Waals surface area (Å²) < 4.78 is 95.3. The number of alkyl halides is 6. The van der Waals surface area contributed by atoms with Gasteiger partial charge in [-0.1, -0.05) is 60.7 Å². The Kier molecular flexibility index (Phi) is 7.47. The van der Waals surface area contributed by atoms with E-state index in [9.17, 15) is 26.3 Å². The predicted octanol–water partition coefficient (Wildman–Crippen LogP) is 9.81. The van der Waals surface area contributed by atoms with Gasteiger partial charge in [-0.3, -0.25) is 0 Å². The lowest BCUT2D eigenvalue weighted by molar-refractivity contribution is -0.139. The molecular weight excluding hydrogens is 558 g/mol. The molecule has 5 rings (SSSR count). The normalized spacial score (nSPS) is 11.8. The van der Waals surface area contributed by atoms with Gasteiger partial charge in [-0.05, 0) is 59.7 Å². The first-order valence-corrected chi connectivity index (χ1v) is 12.5. The summed E-state index contributed by atoms with van der Waals surface area (Å²) in [5, 5.41) is 0. The second-order valence-corrected chi connectivity index (χ2v) is 9.29. The van der Waals surface area contributed by atoms with Gasteiger partial charge < -0.3 is 20.9 Å². The highest BCUT2D eigenvalue weighted by Crippen LogP contribution is 2.47. The van der Waals surface area contributed by atoms with Crippen LogP contribution in [0.15, 0.2) is 109 Å². The Morgan fingerprint density at radius 2 is 0.786 bits per heavy atom. The lowest BCUT2D eigenvalue weighted by Gasteiger charge is -2.21. The zero-order valence-corrected chi connectivity index (χ0v) is 21.6. The van der Waals surface area contributed by atoms with Crippen molar-refractivity contribution in [3.63, 3.8) is 0 Å². The van der Waals surface area contributed by atoms with Crippen LogP contribution in [0.4, 0.5) is 37.7 Å². The van der Waals surface area contributed by atoms with Crippen molar-refractivity contribution in [1.82, 2.24) is 0 Å². The molecule has 0 fully saturated rings. The van der Waals surface area contributed by atoms with E-state index >= 15 is 0 Å². The lowest BCUT2D eigenvalue weighted by Crippen LogP contribution is -2.09. The van der Waals surface area contributed by atoms with E-state index < -0.39 is 35.0 Å². The van der Waals surface area contributed by atoms with E-state index in [2.05, 4.69) is 0 Å². The van der Waals surface area contributed by atoms with Gasteiger partial charge in [0.25, 0.3) is 0 Å². The summed E-state index contributed by atoms with van der Waals surface area (Å²) >= 11 is 0. The monoisotopic (exact) mass is 580 g/mol. The first kappa shape index (κ1) is 28.4. The molecular formula is C32H22F6N2O2. The van der Waals surface area contributed by atoms with Gasteiger partial charge in [0.05, 0.1) is 0 Å². The van der Waals surface area contributed by atoms with Crippen molar-refractivity contribution in [2.75, 3.05) is 11.5 Å². The number of rotatable bonds is 6. The van der Waals surface area contributed by atoms with E-state index in [1.165, 1.54) is 24.3 Å². The predicted molar refractivity (Wildman–Crippen MR) is 149 cm³/mol. The maximum absolute atomic E-state index is 13.9. The standard InChI is InChI=1S/C32H22F6N2O2/c33-31(34,35)25-15-21(39)11-13-27(25)41-29-18-24(20-9-5-2-6-10-20)30(17-23(29)19-7-3-1-4-8-19)42-28-14-12-22(40)16-26(28)32(36,37)38/h1-18H,39-40H2. The van der Waals surface area contributed by atoms with E-state index in [1.807, 2.05) is 0 Å². The molecule has 5 aromatic rings. The smallest absolute Gasteiger partial charge is 0.420 e. The molecule has 0 aromatic heterocycles. The molecule has 42 heavy (non-hydrogen) atoms. The van der Waals surface area contributed by atoms with Crippen LogP contribution in [-0.2, 0) is 12.4 Å². The molecule has 0 heterocycles. The molecule has 0 aliphatic rings. The summed E-state index contributed by atoms with van der Waals surface area (Å²) in [4.78, 5) is 0. The fraction of sp³-hybridized carbons (Fsp3) is 0.0625. The SMILES string of the molecule is Nc1ccc(Oc2cc(-c3ccccc3)c(Oc3ccc(N)cc3C(F)(F)F)cc2-c2ccccc2)c(C(F)(F)F)c1. The Balaban J connectivity index is 1.75. The minimum atomic E-state index is -4.77. The highest BCUT2D eigenvalue weighted by Gasteiger charge is 2.36. The summed E-state index contributed by atoms with van der Waals surface area (Å²) in [6, 6.07) is 26.3. The van der Waals surface area contributed by atoms with Crippen LogP contribution in [0.1, 0.15) is 11.1 Å². The molecule has 5 aromatic carbocycles. The van der Waals surface area contributed by atoms with Crippen molar-refractivity contribution < 1.29 is 35.8 Å². The van der Waals surface area contributed by atoms with Gasteiger partial charge in [-0.15, -0.1) is 0 Å². The number of nitrogen functional groups attached to an aromatic ring is 2. The van der Waals surface area contributed by atoms with Crippen molar-refractivity contribution in [3.8, 4) is 45.3 Å². The van der Waals surface area contributed by atoms with Gasteiger partial charge >= 0.3 is 12.4 Å². The molecule has 4 N–H and O–H groups in total. The van der Waals surface area contributed by atoms with Gasteiger partial charge in [0, 0.05) is 22.5 Å². The number of nitrogens with two attached hydrogens (primary N) is 2. The van der Waals surface area contributed by atoms with Gasteiger partial charge in [0.15, 0.2) is 0 Å².